The van der Waals surface area contributed by atoms with E-state index in [4.69, 9.17) is 0 Å². The van der Waals surface area contributed by atoms with Crippen molar-refractivity contribution in [1.29, 1.82) is 0 Å². The van der Waals surface area contributed by atoms with E-state index in [2.05, 4.69) is 10.6 Å². The minimum Gasteiger partial charge on any atom is -0.359 e. The zero-order valence-electron chi connectivity index (χ0n) is 9.13. The molecular weight excluding hydrogens is 200 g/mol. The minimum atomic E-state index is -0.745. The summed E-state index contributed by atoms with van der Waals surface area (Å²) in [5.41, 5.74) is 0. The van der Waals surface area contributed by atoms with Crippen LogP contribution in [0.5, 0.6) is 0 Å². The number of hydrogen-bond donors (Lipinski definition) is 2. The third-order valence-electron chi connectivity index (χ3n) is 2.10. The number of nitrogens with one attached hydrogen (secondary N) is 2. The van der Waals surface area contributed by atoms with Crippen molar-refractivity contribution in [1.82, 2.24) is 10.6 Å². The van der Waals surface area contributed by atoms with Crippen LogP contribution in [0.2, 0.25) is 0 Å². The molecule has 0 aromatic carbocycles. The van der Waals surface area contributed by atoms with Gasteiger partial charge in [-0.2, -0.15) is 0 Å². The lowest BCUT2D eigenvalue weighted by Crippen LogP contribution is -2.27. The van der Waals surface area contributed by atoms with Gasteiger partial charge in [-0.1, -0.05) is 6.92 Å². The zero-order chi connectivity index (χ0) is 11.0. The molecule has 0 heterocycles. The molecule has 5 heteroatoms. The smallest absolute Gasteiger partial charge is 0.221 e. The summed E-state index contributed by atoms with van der Waals surface area (Å²) < 4.78 is 11.0. The van der Waals surface area contributed by atoms with E-state index in [1.807, 2.05) is 6.92 Å². The minimum absolute atomic E-state index is 0.0459. The molecule has 0 rings (SSSR count). The lowest BCUT2D eigenvalue weighted by atomic mass is 10.3. The molecule has 0 spiro atoms. The summed E-state index contributed by atoms with van der Waals surface area (Å²) in [5, 5.41) is 5.92. The quantitative estimate of drug-likeness (QED) is 0.588. The van der Waals surface area contributed by atoms with Gasteiger partial charge in [-0.05, 0) is 13.0 Å². The highest BCUT2D eigenvalue weighted by molar-refractivity contribution is 7.84. The summed E-state index contributed by atoms with van der Waals surface area (Å²) in [5.74, 6) is 0.0459. The summed E-state index contributed by atoms with van der Waals surface area (Å²) in [6.45, 7) is 3.47. The second-order valence-electron chi connectivity index (χ2n) is 3.27. The Bertz CT molecular complexity index is 197. The number of carbonyl (C=O) groups excluding carboxylic acids is 1. The van der Waals surface area contributed by atoms with Gasteiger partial charge in [0.2, 0.25) is 5.91 Å². The van der Waals surface area contributed by atoms with Gasteiger partial charge in [0.25, 0.3) is 0 Å². The van der Waals surface area contributed by atoms with E-state index in [0.29, 0.717) is 13.0 Å². The predicted molar refractivity (Wildman–Crippen MR) is 59.7 cm³/mol. The van der Waals surface area contributed by atoms with Gasteiger partial charge in [0, 0.05) is 42.3 Å². The fourth-order valence-electron chi connectivity index (χ4n) is 0.923. The normalized spacial score (nSPS) is 14.8. The molecule has 0 radical (unpaired) electrons. The molecule has 2 atom stereocenters. The highest BCUT2D eigenvalue weighted by Gasteiger charge is 2.04. The molecule has 0 bridgehead atoms. The Morgan fingerprint density at radius 3 is 2.57 bits per heavy atom. The average Bonchev–Trinajstić information content (AvgIpc) is 2.16. The summed E-state index contributed by atoms with van der Waals surface area (Å²) in [6.07, 6.45) is 3.10. The van der Waals surface area contributed by atoms with E-state index in [1.165, 1.54) is 0 Å². The Hall–Kier alpha value is -0.420. The molecule has 0 aliphatic heterocycles. The molecule has 0 aliphatic carbocycles. The van der Waals surface area contributed by atoms with Crippen LogP contribution in [0.15, 0.2) is 0 Å². The molecule has 0 aromatic heterocycles. The Morgan fingerprint density at radius 2 is 2.07 bits per heavy atom. The first kappa shape index (κ1) is 13.6. The third-order valence-corrected chi connectivity index (χ3v) is 3.47. The Kier molecular flexibility index (Phi) is 7.70. The van der Waals surface area contributed by atoms with Crippen molar-refractivity contribution < 1.29 is 9.00 Å². The third kappa shape index (κ3) is 7.03. The van der Waals surface area contributed by atoms with Crippen LogP contribution >= 0.6 is 0 Å². The van der Waals surface area contributed by atoms with E-state index in [1.54, 1.807) is 13.3 Å². The molecule has 0 saturated carbocycles. The van der Waals surface area contributed by atoms with E-state index in [0.717, 1.165) is 13.0 Å². The summed E-state index contributed by atoms with van der Waals surface area (Å²) in [4.78, 5) is 10.8. The van der Waals surface area contributed by atoms with Gasteiger partial charge in [-0.15, -0.1) is 0 Å². The monoisotopic (exact) mass is 220 g/mol. The predicted octanol–water partition coefficient (Wildman–Crippen LogP) is -0.131. The van der Waals surface area contributed by atoms with Crippen LogP contribution in [0.1, 0.15) is 19.8 Å². The molecule has 0 saturated heterocycles. The number of rotatable bonds is 7. The second kappa shape index (κ2) is 7.94. The molecule has 84 valence electrons. The summed E-state index contributed by atoms with van der Waals surface area (Å²) in [7, 11) is 0.884. The fourth-order valence-corrected chi connectivity index (χ4v) is 1.37. The lowest BCUT2D eigenvalue weighted by molar-refractivity contribution is -0.120. The standard InChI is InChI=1S/C9H20N2O2S/c1-8(14(3)13)4-6-11-7-5-9(12)10-2/h8,11H,4-7H2,1-3H3,(H,10,12). The highest BCUT2D eigenvalue weighted by Crippen LogP contribution is 1.96. The Labute approximate surface area is 88.3 Å². The van der Waals surface area contributed by atoms with Gasteiger partial charge < -0.3 is 10.6 Å². The van der Waals surface area contributed by atoms with Crippen LogP contribution in [-0.2, 0) is 15.6 Å². The van der Waals surface area contributed by atoms with E-state index < -0.39 is 10.8 Å². The van der Waals surface area contributed by atoms with Gasteiger partial charge in [0.1, 0.15) is 0 Å². The SMILES string of the molecule is CNC(=O)CCNCCC(C)S(C)=O. The largest absolute Gasteiger partial charge is 0.359 e. The van der Waals surface area contributed by atoms with Crippen LogP contribution in [0, 0.1) is 0 Å². The van der Waals surface area contributed by atoms with Gasteiger partial charge in [0.05, 0.1) is 0 Å². The molecule has 4 nitrogen and oxygen atoms in total. The molecule has 2 unspecified atom stereocenters. The second-order valence-corrected chi connectivity index (χ2v) is 5.07. The maximum absolute atomic E-state index is 11.0. The Balaban J connectivity index is 3.30. The van der Waals surface area contributed by atoms with E-state index in [9.17, 15) is 9.00 Å². The van der Waals surface area contributed by atoms with Crippen molar-refractivity contribution in [2.45, 2.75) is 25.0 Å². The van der Waals surface area contributed by atoms with Gasteiger partial charge in [-0.3, -0.25) is 9.00 Å². The van der Waals surface area contributed by atoms with Crippen LogP contribution in [0.25, 0.3) is 0 Å². The van der Waals surface area contributed by atoms with Crippen LogP contribution in [-0.4, -0.2) is 41.8 Å². The molecule has 1 amide bonds. The fraction of sp³-hybridized carbons (Fsp3) is 0.889. The maximum atomic E-state index is 11.0. The van der Waals surface area contributed by atoms with Gasteiger partial charge in [0.15, 0.2) is 0 Å². The lowest BCUT2D eigenvalue weighted by Gasteiger charge is -2.08. The van der Waals surface area contributed by atoms with Crippen molar-refractivity contribution in [3.05, 3.63) is 0 Å². The highest BCUT2D eigenvalue weighted by atomic mass is 32.2. The Morgan fingerprint density at radius 1 is 1.43 bits per heavy atom. The first-order chi connectivity index (χ1) is 6.57. The van der Waals surface area contributed by atoms with Crippen molar-refractivity contribution in [3.8, 4) is 0 Å². The van der Waals surface area contributed by atoms with Gasteiger partial charge in [-0.25, -0.2) is 0 Å². The van der Waals surface area contributed by atoms with Crippen molar-refractivity contribution in [2.75, 3.05) is 26.4 Å². The number of carbonyl (C=O) groups is 1. The molecule has 0 fully saturated rings. The van der Waals surface area contributed by atoms with Crippen LogP contribution in [0.3, 0.4) is 0 Å². The van der Waals surface area contributed by atoms with Crippen LogP contribution < -0.4 is 10.6 Å². The van der Waals surface area contributed by atoms with Crippen molar-refractivity contribution >= 4 is 16.7 Å². The van der Waals surface area contributed by atoms with Crippen LogP contribution in [0.4, 0.5) is 0 Å². The zero-order valence-corrected chi connectivity index (χ0v) is 9.95. The first-order valence-corrected chi connectivity index (χ1v) is 6.43. The summed E-state index contributed by atoms with van der Waals surface area (Å²) in [6, 6.07) is 0. The molecule has 0 aromatic rings. The number of amides is 1. The first-order valence-electron chi connectivity index (χ1n) is 4.81. The van der Waals surface area contributed by atoms with Gasteiger partial charge >= 0.3 is 0 Å². The topological polar surface area (TPSA) is 58.2 Å². The van der Waals surface area contributed by atoms with E-state index in [-0.39, 0.29) is 11.2 Å². The maximum Gasteiger partial charge on any atom is 0.221 e. The average molecular weight is 220 g/mol. The van der Waals surface area contributed by atoms with Crippen molar-refractivity contribution in [3.63, 3.8) is 0 Å². The summed E-state index contributed by atoms with van der Waals surface area (Å²) >= 11 is 0. The van der Waals surface area contributed by atoms with E-state index >= 15 is 0 Å². The molecule has 0 aliphatic rings. The molecule has 2 N–H and O–H groups in total. The molecule has 14 heavy (non-hydrogen) atoms. The van der Waals surface area contributed by atoms with Crippen molar-refractivity contribution in [2.24, 2.45) is 0 Å². The number of hydrogen-bond acceptors (Lipinski definition) is 3. The molecular formula is C9H20N2O2S.